The summed E-state index contributed by atoms with van der Waals surface area (Å²) in [5, 5.41) is 12.9. The summed E-state index contributed by atoms with van der Waals surface area (Å²) in [7, 11) is 0. The summed E-state index contributed by atoms with van der Waals surface area (Å²) in [6, 6.07) is 16.7. The van der Waals surface area contributed by atoms with E-state index in [4.69, 9.17) is 4.74 Å². The lowest BCUT2D eigenvalue weighted by Gasteiger charge is -2.08. The second kappa shape index (κ2) is 7.83. The van der Waals surface area contributed by atoms with Crippen molar-refractivity contribution in [3.8, 4) is 5.75 Å². The number of hydrogen-bond donors (Lipinski definition) is 1. The molecule has 22 heavy (non-hydrogen) atoms. The van der Waals surface area contributed by atoms with Crippen molar-refractivity contribution in [2.24, 2.45) is 0 Å². The van der Waals surface area contributed by atoms with E-state index in [9.17, 15) is 14.7 Å². The van der Waals surface area contributed by atoms with Crippen LogP contribution in [-0.2, 0) is 16.2 Å². The van der Waals surface area contributed by atoms with Gasteiger partial charge in [0.2, 0.25) is 5.91 Å². The molecule has 2 aromatic carbocycles. The number of rotatable bonds is 7. The molecule has 0 heterocycles. The summed E-state index contributed by atoms with van der Waals surface area (Å²) in [4.78, 5) is 21.8. The third-order valence-electron chi connectivity index (χ3n) is 2.94. The molecule has 5 nitrogen and oxygen atoms in total. The molecule has 2 aromatic rings. The molecule has 0 saturated heterocycles. The van der Waals surface area contributed by atoms with E-state index in [0.29, 0.717) is 18.0 Å². The molecular weight excluding hydrogens is 282 g/mol. The minimum atomic E-state index is -1.24. The Balaban J connectivity index is 1.82. The first-order valence-electron chi connectivity index (χ1n) is 6.90. The van der Waals surface area contributed by atoms with Crippen LogP contribution in [0.2, 0.25) is 0 Å². The fraction of sp³-hybridized carbons (Fsp3) is 0.176. The van der Waals surface area contributed by atoms with Crippen LogP contribution in [0, 0.1) is 0 Å². The zero-order chi connectivity index (χ0) is 15.8. The Bertz CT molecular complexity index is 623. The lowest BCUT2D eigenvalue weighted by Crippen LogP contribution is -2.24. The third kappa shape index (κ3) is 5.28. The molecule has 0 saturated carbocycles. The number of anilines is 1. The van der Waals surface area contributed by atoms with Crippen molar-refractivity contribution < 1.29 is 19.4 Å². The zero-order valence-electron chi connectivity index (χ0n) is 12.0. The van der Waals surface area contributed by atoms with Crippen LogP contribution in [0.4, 0.5) is 5.69 Å². The number of carboxylic acids is 1. The van der Waals surface area contributed by atoms with Crippen molar-refractivity contribution in [1.82, 2.24) is 0 Å². The highest BCUT2D eigenvalue weighted by Crippen LogP contribution is 2.17. The number of carbonyl (C=O) groups is 2. The van der Waals surface area contributed by atoms with Gasteiger partial charge in [-0.3, -0.25) is 4.79 Å². The maximum Gasteiger partial charge on any atom is 0.224 e. The van der Waals surface area contributed by atoms with Crippen LogP contribution in [0.25, 0.3) is 0 Å². The molecule has 0 bridgehead atoms. The summed E-state index contributed by atoms with van der Waals surface area (Å²) < 4.78 is 5.63. The third-order valence-corrected chi connectivity index (χ3v) is 2.94. The maximum absolute atomic E-state index is 11.5. The first kappa shape index (κ1) is 15.6. The van der Waals surface area contributed by atoms with Gasteiger partial charge < -0.3 is 20.0 Å². The van der Waals surface area contributed by atoms with Crippen molar-refractivity contribution in [1.29, 1.82) is 0 Å². The van der Waals surface area contributed by atoms with Crippen LogP contribution in [0.5, 0.6) is 5.75 Å². The predicted molar refractivity (Wildman–Crippen MR) is 80.1 cm³/mol. The van der Waals surface area contributed by atoms with Crippen LogP contribution < -0.4 is 15.2 Å². The number of carbonyl (C=O) groups excluding carboxylic acids is 2. The number of ether oxygens (including phenoxy) is 1. The molecule has 0 aromatic heterocycles. The SMILES string of the molecule is O=C([O-])CCC(=O)Nc1ccc(OCc2ccccc2)cc1. The van der Waals surface area contributed by atoms with E-state index in [-0.39, 0.29) is 18.7 Å². The summed E-state index contributed by atoms with van der Waals surface area (Å²) in [5.74, 6) is -0.904. The van der Waals surface area contributed by atoms with Crippen molar-refractivity contribution in [3.63, 3.8) is 0 Å². The van der Waals surface area contributed by atoms with Crippen molar-refractivity contribution >= 4 is 17.6 Å². The van der Waals surface area contributed by atoms with Gasteiger partial charge in [-0.15, -0.1) is 0 Å². The minimum absolute atomic E-state index is 0.103. The number of aliphatic carboxylic acids is 1. The van der Waals surface area contributed by atoms with E-state index in [1.54, 1.807) is 24.3 Å². The number of hydrogen-bond acceptors (Lipinski definition) is 4. The Labute approximate surface area is 128 Å². The molecule has 1 amide bonds. The summed E-state index contributed by atoms with van der Waals surface area (Å²) in [5.41, 5.74) is 1.66. The highest BCUT2D eigenvalue weighted by molar-refractivity contribution is 5.92. The van der Waals surface area contributed by atoms with Gasteiger partial charge in [0.05, 0.1) is 0 Å². The van der Waals surface area contributed by atoms with Crippen molar-refractivity contribution in [2.45, 2.75) is 19.4 Å². The molecule has 0 radical (unpaired) electrons. The van der Waals surface area contributed by atoms with Crippen molar-refractivity contribution in [3.05, 3.63) is 60.2 Å². The lowest BCUT2D eigenvalue weighted by molar-refractivity contribution is -0.305. The van der Waals surface area contributed by atoms with E-state index in [1.807, 2.05) is 30.3 Å². The highest BCUT2D eigenvalue weighted by Gasteiger charge is 2.03. The molecule has 0 atom stereocenters. The summed E-state index contributed by atoms with van der Waals surface area (Å²) >= 11 is 0. The molecule has 2 rings (SSSR count). The van der Waals surface area contributed by atoms with Crippen LogP contribution in [0.15, 0.2) is 54.6 Å². The number of amides is 1. The van der Waals surface area contributed by atoms with Gasteiger partial charge in [-0.2, -0.15) is 0 Å². The van der Waals surface area contributed by atoms with Crippen LogP contribution in [0.1, 0.15) is 18.4 Å². The van der Waals surface area contributed by atoms with Gasteiger partial charge in [0.15, 0.2) is 0 Å². The number of nitrogens with one attached hydrogen (secondary N) is 1. The molecule has 0 fully saturated rings. The highest BCUT2D eigenvalue weighted by atomic mass is 16.5. The monoisotopic (exact) mass is 298 g/mol. The van der Waals surface area contributed by atoms with Crippen LogP contribution >= 0.6 is 0 Å². The van der Waals surface area contributed by atoms with Gasteiger partial charge in [-0.25, -0.2) is 0 Å². The second-order valence-electron chi connectivity index (χ2n) is 4.72. The Morgan fingerprint density at radius 2 is 1.64 bits per heavy atom. The first-order valence-corrected chi connectivity index (χ1v) is 6.90. The molecule has 0 spiro atoms. The van der Waals surface area contributed by atoms with E-state index >= 15 is 0 Å². The number of benzene rings is 2. The molecule has 0 aliphatic rings. The number of carboxylic acid groups (broad SMARTS) is 1. The largest absolute Gasteiger partial charge is 0.550 e. The molecule has 114 valence electrons. The van der Waals surface area contributed by atoms with E-state index in [1.165, 1.54) is 0 Å². The molecule has 5 heteroatoms. The van der Waals surface area contributed by atoms with Gasteiger partial charge in [0.25, 0.3) is 0 Å². The minimum Gasteiger partial charge on any atom is -0.550 e. The van der Waals surface area contributed by atoms with E-state index < -0.39 is 5.97 Å². The quantitative estimate of drug-likeness (QED) is 0.844. The Morgan fingerprint density at radius 1 is 0.955 bits per heavy atom. The second-order valence-corrected chi connectivity index (χ2v) is 4.72. The van der Waals surface area contributed by atoms with Crippen LogP contribution in [0.3, 0.4) is 0 Å². The first-order chi connectivity index (χ1) is 10.6. The lowest BCUT2D eigenvalue weighted by atomic mass is 10.2. The average molecular weight is 298 g/mol. The van der Waals surface area contributed by atoms with Crippen molar-refractivity contribution in [2.75, 3.05) is 5.32 Å². The van der Waals surface area contributed by atoms with Gasteiger partial charge in [0, 0.05) is 18.1 Å². The summed E-state index contributed by atoms with van der Waals surface area (Å²) in [6.07, 6.45) is -0.390. The van der Waals surface area contributed by atoms with Crippen LogP contribution in [-0.4, -0.2) is 11.9 Å². The van der Waals surface area contributed by atoms with Gasteiger partial charge in [-0.05, 0) is 36.2 Å². The van der Waals surface area contributed by atoms with E-state index in [2.05, 4.69) is 5.32 Å². The fourth-order valence-electron chi connectivity index (χ4n) is 1.81. The average Bonchev–Trinajstić information content (AvgIpc) is 2.53. The van der Waals surface area contributed by atoms with Gasteiger partial charge in [0.1, 0.15) is 12.4 Å². The van der Waals surface area contributed by atoms with E-state index in [0.717, 1.165) is 5.56 Å². The van der Waals surface area contributed by atoms with Gasteiger partial charge >= 0.3 is 0 Å². The molecular formula is C17H16NO4-. The molecule has 1 N–H and O–H groups in total. The molecule has 0 aliphatic heterocycles. The Kier molecular flexibility index (Phi) is 5.54. The standard InChI is InChI=1S/C17H17NO4/c19-16(10-11-17(20)21)18-14-6-8-15(9-7-14)22-12-13-4-2-1-3-5-13/h1-9H,10-12H2,(H,18,19)(H,20,21)/p-1. The Hall–Kier alpha value is -2.82. The van der Waals surface area contributed by atoms with Gasteiger partial charge in [-0.1, -0.05) is 30.3 Å². The topological polar surface area (TPSA) is 78.5 Å². The smallest absolute Gasteiger partial charge is 0.224 e. The normalized spacial score (nSPS) is 10.0. The fourth-order valence-corrected chi connectivity index (χ4v) is 1.81. The molecule has 0 unspecified atom stereocenters. The zero-order valence-corrected chi connectivity index (χ0v) is 12.0. The summed E-state index contributed by atoms with van der Waals surface area (Å²) in [6.45, 7) is 0.470. The maximum atomic E-state index is 11.5. The molecule has 0 aliphatic carbocycles. The Morgan fingerprint density at radius 3 is 2.27 bits per heavy atom. The predicted octanol–water partition coefficient (Wildman–Crippen LogP) is 1.73.